The number of ether oxygens (including phenoxy) is 4. The number of benzene rings is 2. The Labute approximate surface area is 299 Å². The number of carbonyl (C=O) groups is 4. The highest BCUT2D eigenvalue weighted by molar-refractivity contribution is 14.1. The molecule has 4 aliphatic rings. The van der Waals surface area contributed by atoms with Gasteiger partial charge in [-0.2, -0.15) is 0 Å². The topological polar surface area (TPSA) is 141 Å². The van der Waals surface area contributed by atoms with Crippen LogP contribution in [0, 0.1) is 3.57 Å². The van der Waals surface area contributed by atoms with E-state index in [0.717, 1.165) is 14.7 Å². The van der Waals surface area contributed by atoms with Crippen LogP contribution >= 0.6 is 22.6 Å². The summed E-state index contributed by atoms with van der Waals surface area (Å²) in [4.78, 5) is 54.8. The van der Waals surface area contributed by atoms with Gasteiger partial charge in [-0.1, -0.05) is 30.3 Å². The molecular formula is C37H43IN2O9. The van der Waals surface area contributed by atoms with E-state index in [9.17, 15) is 24.3 Å². The number of fused-ring (bicyclic) bond motifs is 2. The summed E-state index contributed by atoms with van der Waals surface area (Å²) in [5, 5.41) is 12.8. The monoisotopic (exact) mass is 786 g/mol. The average Bonchev–Trinajstić information content (AvgIpc) is 3.77. The molecule has 2 aromatic rings. The zero-order chi connectivity index (χ0) is 34.9. The molecule has 0 radical (unpaired) electrons. The molecule has 262 valence electrons. The van der Waals surface area contributed by atoms with Gasteiger partial charge in [0.1, 0.15) is 30.0 Å². The number of hydrogen-bond donors (Lipinski definition) is 2. The molecule has 0 aromatic heterocycles. The highest BCUT2D eigenvalue weighted by Crippen LogP contribution is 2.45. The Morgan fingerprint density at radius 1 is 1.08 bits per heavy atom. The van der Waals surface area contributed by atoms with Gasteiger partial charge in [-0.15, -0.1) is 0 Å². The standard InChI is InChI=1S/C37H43IN2O9/c1-36(2,3)48-31(42)14-13-27(21-41)39-33(43)28-12-7-15-40(28)34(44)25-17-29(46-35(45)22-10-6-11-26(38)16-22)32-30(18-25)47-37(49-32)19-23-8-4-5-9-24(23)20-37/h4-6,8-11,16,18,27-30,32,41H,7,12-15,17,19-21H2,1-3H3,(H,39,43). The smallest absolute Gasteiger partial charge is 0.338 e. The second kappa shape index (κ2) is 14.5. The zero-order valence-corrected chi connectivity index (χ0v) is 30.1. The van der Waals surface area contributed by atoms with Crippen LogP contribution in [0.2, 0.25) is 0 Å². The molecule has 2 aliphatic carbocycles. The zero-order valence-electron chi connectivity index (χ0n) is 28.0. The maximum atomic E-state index is 14.2. The molecule has 2 N–H and O–H groups in total. The normalized spacial score (nSPS) is 24.5. The summed E-state index contributed by atoms with van der Waals surface area (Å²) in [6.07, 6.45) is 2.19. The Morgan fingerprint density at radius 2 is 1.82 bits per heavy atom. The van der Waals surface area contributed by atoms with E-state index in [4.69, 9.17) is 18.9 Å². The van der Waals surface area contributed by atoms with Gasteiger partial charge in [0, 0.05) is 41.4 Å². The van der Waals surface area contributed by atoms with Crippen LogP contribution < -0.4 is 5.32 Å². The molecular weight excluding hydrogens is 743 g/mol. The van der Waals surface area contributed by atoms with E-state index in [0.29, 0.717) is 43.4 Å². The van der Waals surface area contributed by atoms with Crippen LogP contribution in [0.5, 0.6) is 0 Å². The fourth-order valence-electron chi connectivity index (χ4n) is 7.13. The van der Waals surface area contributed by atoms with E-state index in [-0.39, 0.29) is 31.8 Å². The fraction of sp³-hybridized carbons (Fsp3) is 0.514. The van der Waals surface area contributed by atoms with Gasteiger partial charge in [-0.3, -0.25) is 14.4 Å². The third kappa shape index (κ3) is 8.19. The van der Waals surface area contributed by atoms with Gasteiger partial charge >= 0.3 is 11.9 Å². The molecule has 0 saturated carbocycles. The maximum Gasteiger partial charge on any atom is 0.338 e. The molecule has 2 aliphatic heterocycles. The Hall–Kier alpha value is -3.33. The number of aliphatic hydroxyl groups excluding tert-OH is 1. The highest BCUT2D eigenvalue weighted by Gasteiger charge is 2.55. The summed E-state index contributed by atoms with van der Waals surface area (Å²) >= 11 is 2.14. The van der Waals surface area contributed by atoms with Gasteiger partial charge in [-0.05, 0) is 98.0 Å². The fourth-order valence-corrected chi connectivity index (χ4v) is 7.67. The minimum absolute atomic E-state index is 0.0302. The lowest BCUT2D eigenvalue weighted by atomic mass is 9.91. The van der Waals surface area contributed by atoms with Crippen LogP contribution in [0.15, 0.2) is 60.2 Å². The Kier molecular flexibility index (Phi) is 10.5. The summed E-state index contributed by atoms with van der Waals surface area (Å²) in [5.74, 6) is -2.60. The molecule has 5 unspecified atom stereocenters. The van der Waals surface area contributed by atoms with Gasteiger partial charge in [-0.25, -0.2) is 4.79 Å². The molecule has 5 atom stereocenters. The number of nitrogens with one attached hydrogen (secondary N) is 1. The van der Waals surface area contributed by atoms with Crippen LogP contribution in [-0.4, -0.2) is 88.7 Å². The summed E-state index contributed by atoms with van der Waals surface area (Å²) in [5.41, 5.74) is 2.42. The largest absolute Gasteiger partial charge is 0.460 e. The molecule has 1 spiro atoms. The van der Waals surface area contributed by atoms with Crippen LogP contribution in [0.25, 0.3) is 0 Å². The van der Waals surface area contributed by atoms with Gasteiger partial charge < -0.3 is 34.3 Å². The Bertz CT molecular complexity index is 1610. The number of carbonyl (C=O) groups excluding carboxylic acids is 4. The van der Waals surface area contributed by atoms with Crippen LogP contribution in [0.3, 0.4) is 0 Å². The molecule has 2 saturated heterocycles. The Balaban J connectivity index is 1.18. The molecule has 12 heteroatoms. The third-order valence-electron chi connectivity index (χ3n) is 9.31. The number of amides is 2. The minimum atomic E-state index is -0.935. The van der Waals surface area contributed by atoms with Crippen molar-refractivity contribution in [2.24, 2.45) is 0 Å². The van der Waals surface area contributed by atoms with Crippen molar-refractivity contribution in [3.8, 4) is 0 Å². The van der Waals surface area contributed by atoms with E-state index in [1.807, 2.05) is 18.2 Å². The first-order valence-electron chi connectivity index (χ1n) is 16.9. The van der Waals surface area contributed by atoms with Gasteiger partial charge in [0.05, 0.1) is 18.2 Å². The van der Waals surface area contributed by atoms with Gasteiger partial charge in [0.15, 0.2) is 5.79 Å². The van der Waals surface area contributed by atoms with E-state index < -0.39 is 59.6 Å². The first kappa shape index (κ1) is 35.5. The summed E-state index contributed by atoms with van der Waals surface area (Å²) in [6, 6.07) is 13.7. The number of likely N-dealkylation sites (tertiary alicyclic amines) is 1. The van der Waals surface area contributed by atoms with Crippen molar-refractivity contribution in [3.63, 3.8) is 0 Å². The van der Waals surface area contributed by atoms with Crippen molar-refractivity contribution < 1.29 is 43.2 Å². The van der Waals surface area contributed by atoms with Crippen molar-refractivity contribution in [1.82, 2.24) is 10.2 Å². The lowest BCUT2D eigenvalue weighted by Crippen LogP contribution is -2.51. The predicted octanol–water partition coefficient (Wildman–Crippen LogP) is 4.02. The first-order valence-corrected chi connectivity index (χ1v) is 17.9. The molecule has 11 nitrogen and oxygen atoms in total. The first-order chi connectivity index (χ1) is 23.3. The molecule has 2 fully saturated rings. The second-order valence-corrected chi connectivity index (χ2v) is 15.5. The van der Waals surface area contributed by atoms with Gasteiger partial charge in [0.25, 0.3) is 0 Å². The van der Waals surface area contributed by atoms with E-state index in [2.05, 4.69) is 40.0 Å². The van der Waals surface area contributed by atoms with Crippen molar-refractivity contribution in [2.75, 3.05) is 13.2 Å². The van der Waals surface area contributed by atoms with E-state index >= 15 is 0 Å². The number of esters is 2. The van der Waals surface area contributed by atoms with Crippen LogP contribution in [0.4, 0.5) is 0 Å². The molecule has 0 bridgehead atoms. The van der Waals surface area contributed by atoms with Crippen molar-refractivity contribution >= 4 is 46.3 Å². The van der Waals surface area contributed by atoms with Crippen molar-refractivity contribution in [2.45, 2.75) is 108 Å². The number of halogens is 1. The second-order valence-electron chi connectivity index (χ2n) is 14.2. The quantitative estimate of drug-likeness (QED) is 0.285. The van der Waals surface area contributed by atoms with E-state index in [1.165, 1.54) is 0 Å². The summed E-state index contributed by atoms with van der Waals surface area (Å²) in [6.45, 7) is 5.33. The van der Waals surface area contributed by atoms with Crippen LogP contribution in [-0.2, 0) is 46.2 Å². The highest BCUT2D eigenvalue weighted by atomic mass is 127. The predicted molar refractivity (Wildman–Crippen MR) is 186 cm³/mol. The number of nitrogens with zero attached hydrogens (tertiary/aromatic N) is 1. The SMILES string of the molecule is CC(C)(C)OC(=O)CCC(CO)NC(=O)C1CCCN1C(=O)C1=CC2OC3(Cc4ccccc4C3)OC2C(OC(=O)c2cccc(I)c2)C1. The molecule has 2 aromatic carbocycles. The minimum Gasteiger partial charge on any atom is -0.460 e. The van der Waals surface area contributed by atoms with E-state index in [1.54, 1.807) is 49.9 Å². The van der Waals surface area contributed by atoms with Gasteiger partial charge in [0.2, 0.25) is 11.8 Å². The maximum absolute atomic E-state index is 14.2. The number of hydrogen-bond acceptors (Lipinski definition) is 9. The lowest BCUT2D eigenvalue weighted by Gasteiger charge is -2.33. The average molecular weight is 787 g/mol. The summed E-state index contributed by atoms with van der Waals surface area (Å²) in [7, 11) is 0. The number of aliphatic hydroxyl groups is 1. The summed E-state index contributed by atoms with van der Waals surface area (Å²) < 4.78 is 25.5. The molecule has 2 heterocycles. The van der Waals surface area contributed by atoms with Crippen LogP contribution in [0.1, 0.15) is 74.4 Å². The molecule has 2 amide bonds. The molecule has 6 rings (SSSR count). The van der Waals surface area contributed by atoms with Crippen molar-refractivity contribution in [1.29, 1.82) is 0 Å². The Morgan fingerprint density at radius 3 is 2.49 bits per heavy atom. The third-order valence-corrected chi connectivity index (χ3v) is 9.98. The lowest BCUT2D eigenvalue weighted by molar-refractivity contribution is -0.172. The molecule has 49 heavy (non-hydrogen) atoms. The van der Waals surface area contributed by atoms with Crippen molar-refractivity contribution in [3.05, 3.63) is 80.4 Å². The number of rotatable bonds is 9.